The molecular formula is C19H30ClN. The van der Waals surface area contributed by atoms with Gasteiger partial charge in [0.15, 0.2) is 0 Å². The summed E-state index contributed by atoms with van der Waals surface area (Å²) in [4.78, 5) is 0. The molecule has 0 aromatic heterocycles. The smallest absolute Gasteiger partial charge is 0.0438 e. The fourth-order valence-electron chi connectivity index (χ4n) is 3.81. The van der Waals surface area contributed by atoms with E-state index in [0.29, 0.717) is 12.1 Å². The molecule has 0 saturated heterocycles. The highest BCUT2D eigenvalue weighted by Gasteiger charge is 2.31. The van der Waals surface area contributed by atoms with Gasteiger partial charge in [0.2, 0.25) is 0 Å². The van der Waals surface area contributed by atoms with Crippen molar-refractivity contribution in [3.05, 3.63) is 34.9 Å². The van der Waals surface area contributed by atoms with Gasteiger partial charge in [-0.1, -0.05) is 57.0 Å². The first-order valence-corrected chi connectivity index (χ1v) is 8.84. The second-order valence-electron chi connectivity index (χ2n) is 7.30. The molecule has 0 amide bonds. The van der Waals surface area contributed by atoms with Crippen LogP contribution in [0.1, 0.15) is 52.5 Å². The van der Waals surface area contributed by atoms with Crippen LogP contribution in [0.15, 0.2) is 24.3 Å². The Morgan fingerprint density at radius 2 is 1.90 bits per heavy atom. The van der Waals surface area contributed by atoms with E-state index in [4.69, 9.17) is 11.6 Å². The summed E-state index contributed by atoms with van der Waals surface area (Å²) in [6.45, 7) is 9.42. The Bertz CT molecular complexity index is 443. The zero-order chi connectivity index (χ0) is 15.4. The van der Waals surface area contributed by atoms with Crippen molar-refractivity contribution in [1.29, 1.82) is 0 Å². The van der Waals surface area contributed by atoms with Gasteiger partial charge in [-0.25, -0.2) is 0 Å². The Kier molecular flexibility index (Phi) is 6.13. The van der Waals surface area contributed by atoms with Crippen LogP contribution in [0.5, 0.6) is 0 Å². The molecular weight excluding hydrogens is 278 g/mol. The summed E-state index contributed by atoms with van der Waals surface area (Å²) in [5, 5.41) is 4.79. The molecule has 1 fully saturated rings. The number of benzene rings is 1. The minimum atomic E-state index is 0.474. The minimum absolute atomic E-state index is 0.474. The van der Waals surface area contributed by atoms with E-state index in [1.807, 2.05) is 12.1 Å². The van der Waals surface area contributed by atoms with Gasteiger partial charge in [-0.15, -0.1) is 0 Å². The van der Waals surface area contributed by atoms with Gasteiger partial charge in [-0.3, -0.25) is 0 Å². The second kappa shape index (κ2) is 7.65. The standard InChI is InChI=1S/C19H30ClN/c1-13(2)17-10-9-14(3)11-19(17)21-15(4)12-16-7-5-6-8-18(16)20/h5-8,13-15,17,19,21H,9-12H2,1-4H3. The Labute approximate surface area is 135 Å². The van der Waals surface area contributed by atoms with Crippen LogP contribution in [0.25, 0.3) is 0 Å². The van der Waals surface area contributed by atoms with Crippen molar-refractivity contribution in [2.75, 3.05) is 0 Å². The average Bonchev–Trinajstić information content (AvgIpc) is 2.41. The number of hydrogen-bond acceptors (Lipinski definition) is 1. The van der Waals surface area contributed by atoms with E-state index in [1.54, 1.807) is 0 Å². The summed E-state index contributed by atoms with van der Waals surface area (Å²) in [6.07, 6.45) is 5.08. The summed E-state index contributed by atoms with van der Waals surface area (Å²) in [6, 6.07) is 9.34. The number of rotatable bonds is 5. The lowest BCUT2D eigenvalue weighted by atomic mass is 9.73. The predicted molar refractivity (Wildman–Crippen MR) is 92.9 cm³/mol. The maximum Gasteiger partial charge on any atom is 0.0438 e. The molecule has 1 saturated carbocycles. The van der Waals surface area contributed by atoms with E-state index in [0.717, 1.165) is 29.2 Å². The third kappa shape index (κ3) is 4.72. The van der Waals surface area contributed by atoms with Gasteiger partial charge >= 0.3 is 0 Å². The summed E-state index contributed by atoms with van der Waals surface area (Å²) in [7, 11) is 0. The SMILES string of the molecule is CC1CCC(C(C)C)C(NC(C)Cc2ccccc2Cl)C1. The third-order valence-corrected chi connectivity index (χ3v) is 5.37. The van der Waals surface area contributed by atoms with Crippen LogP contribution in [0.2, 0.25) is 5.02 Å². The Hall–Kier alpha value is -0.530. The van der Waals surface area contributed by atoms with Crippen molar-refractivity contribution in [3.8, 4) is 0 Å². The Balaban J connectivity index is 1.96. The first-order valence-electron chi connectivity index (χ1n) is 8.46. The van der Waals surface area contributed by atoms with E-state index < -0.39 is 0 Å². The minimum Gasteiger partial charge on any atom is -0.311 e. The quantitative estimate of drug-likeness (QED) is 0.776. The summed E-state index contributed by atoms with van der Waals surface area (Å²) in [5.74, 6) is 2.43. The molecule has 0 spiro atoms. The molecule has 4 atom stereocenters. The van der Waals surface area contributed by atoms with E-state index in [1.165, 1.54) is 24.8 Å². The van der Waals surface area contributed by atoms with Gasteiger partial charge in [-0.05, 0) is 55.6 Å². The highest BCUT2D eigenvalue weighted by molar-refractivity contribution is 6.31. The molecule has 1 aromatic rings. The molecule has 0 aliphatic heterocycles. The van der Waals surface area contributed by atoms with Crippen molar-refractivity contribution in [1.82, 2.24) is 5.32 Å². The molecule has 4 unspecified atom stereocenters. The third-order valence-electron chi connectivity index (χ3n) is 5.00. The van der Waals surface area contributed by atoms with Crippen LogP contribution in [0, 0.1) is 17.8 Å². The zero-order valence-electron chi connectivity index (χ0n) is 13.9. The van der Waals surface area contributed by atoms with Gasteiger partial charge in [0, 0.05) is 17.1 Å². The van der Waals surface area contributed by atoms with Crippen molar-refractivity contribution in [2.45, 2.75) is 65.5 Å². The van der Waals surface area contributed by atoms with Gasteiger partial charge in [0.05, 0.1) is 0 Å². The zero-order valence-corrected chi connectivity index (χ0v) is 14.7. The number of hydrogen-bond donors (Lipinski definition) is 1. The molecule has 0 bridgehead atoms. The molecule has 1 aliphatic carbocycles. The van der Waals surface area contributed by atoms with Crippen molar-refractivity contribution >= 4 is 11.6 Å². The topological polar surface area (TPSA) is 12.0 Å². The average molecular weight is 308 g/mol. The molecule has 21 heavy (non-hydrogen) atoms. The van der Waals surface area contributed by atoms with E-state index in [2.05, 4.69) is 45.1 Å². The van der Waals surface area contributed by atoms with Gasteiger partial charge in [0.1, 0.15) is 0 Å². The van der Waals surface area contributed by atoms with Crippen LogP contribution in [0.3, 0.4) is 0 Å². The summed E-state index contributed by atoms with van der Waals surface area (Å²) in [5.41, 5.74) is 1.25. The van der Waals surface area contributed by atoms with Crippen LogP contribution >= 0.6 is 11.6 Å². The number of nitrogens with one attached hydrogen (secondary N) is 1. The van der Waals surface area contributed by atoms with Gasteiger partial charge < -0.3 is 5.32 Å². The lowest BCUT2D eigenvalue weighted by molar-refractivity contribution is 0.161. The van der Waals surface area contributed by atoms with Crippen LogP contribution < -0.4 is 5.32 Å². The fourth-order valence-corrected chi connectivity index (χ4v) is 4.02. The molecule has 0 radical (unpaired) electrons. The lowest BCUT2D eigenvalue weighted by Crippen LogP contribution is -2.47. The first-order chi connectivity index (χ1) is 9.97. The maximum atomic E-state index is 6.29. The molecule has 1 N–H and O–H groups in total. The highest BCUT2D eigenvalue weighted by Crippen LogP contribution is 2.33. The van der Waals surface area contributed by atoms with Gasteiger partial charge in [-0.2, -0.15) is 0 Å². The highest BCUT2D eigenvalue weighted by atomic mass is 35.5. The van der Waals surface area contributed by atoms with E-state index in [-0.39, 0.29) is 0 Å². The molecule has 1 aromatic carbocycles. The van der Waals surface area contributed by atoms with Crippen molar-refractivity contribution < 1.29 is 0 Å². The summed E-state index contributed by atoms with van der Waals surface area (Å²) < 4.78 is 0. The maximum absolute atomic E-state index is 6.29. The largest absolute Gasteiger partial charge is 0.311 e. The fraction of sp³-hybridized carbons (Fsp3) is 0.684. The normalized spacial score (nSPS) is 27.8. The van der Waals surface area contributed by atoms with Crippen molar-refractivity contribution in [2.24, 2.45) is 17.8 Å². The van der Waals surface area contributed by atoms with E-state index >= 15 is 0 Å². The second-order valence-corrected chi connectivity index (χ2v) is 7.70. The molecule has 1 aliphatic rings. The molecule has 118 valence electrons. The van der Waals surface area contributed by atoms with Gasteiger partial charge in [0.25, 0.3) is 0 Å². The number of halogens is 1. The molecule has 2 heteroatoms. The molecule has 2 rings (SSSR count). The van der Waals surface area contributed by atoms with Crippen molar-refractivity contribution in [3.63, 3.8) is 0 Å². The molecule has 0 heterocycles. The first kappa shape index (κ1) is 16.8. The van der Waals surface area contributed by atoms with E-state index in [9.17, 15) is 0 Å². The summed E-state index contributed by atoms with van der Waals surface area (Å²) >= 11 is 6.29. The molecule has 1 nitrogen and oxygen atoms in total. The Morgan fingerprint density at radius 3 is 2.57 bits per heavy atom. The van der Waals surface area contributed by atoms with Crippen LogP contribution in [-0.4, -0.2) is 12.1 Å². The Morgan fingerprint density at radius 1 is 1.19 bits per heavy atom. The van der Waals surface area contributed by atoms with Crippen LogP contribution in [-0.2, 0) is 6.42 Å². The monoisotopic (exact) mass is 307 g/mol. The lowest BCUT2D eigenvalue weighted by Gasteiger charge is -2.39. The predicted octanol–water partition coefficient (Wildman–Crippen LogP) is 5.32. The van der Waals surface area contributed by atoms with Crippen LogP contribution in [0.4, 0.5) is 0 Å².